The Morgan fingerprint density at radius 2 is 1.21 bits per heavy atom. The van der Waals surface area contributed by atoms with Gasteiger partial charge in [-0.25, -0.2) is 0 Å². The van der Waals surface area contributed by atoms with Gasteiger partial charge in [-0.05, 0) is 12.3 Å². The van der Waals surface area contributed by atoms with E-state index in [0.717, 1.165) is 12.3 Å². The van der Waals surface area contributed by atoms with Gasteiger partial charge in [0.2, 0.25) is 0 Å². The van der Waals surface area contributed by atoms with E-state index in [9.17, 15) is 4.79 Å². The van der Waals surface area contributed by atoms with Crippen molar-refractivity contribution in [2.45, 2.75) is 90.9 Å². The minimum Gasteiger partial charge on any atom is -0.469 e. The predicted octanol–water partition coefficient (Wildman–Crippen LogP) is 5.50. The molecule has 2 nitrogen and oxygen atoms in total. The molecule has 0 saturated heterocycles. The second-order valence-corrected chi connectivity index (χ2v) is 6.04. The molecule has 0 spiro atoms. The van der Waals surface area contributed by atoms with Gasteiger partial charge in [0.1, 0.15) is 0 Å². The fraction of sp³-hybridized carbons (Fsp3) is 0.941. The molecule has 0 unspecified atom stereocenters. The molecular weight excluding hydrogens is 236 g/mol. The van der Waals surface area contributed by atoms with E-state index in [1.807, 2.05) is 0 Å². The first-order valence-electron chi connectivity index (χ1n) is 8.23. The van der Waals surface area contributed by atoms with E-state index in [0.29, 0.717) is 6.42 Å². The minimum absolute atomic E-state index is 0.0682. The molecule has 19 heavy (non-hydrogen) atoms. The molecule has 0 atom stereocenters. The number of carbonyl (C=O) groups is 1. The Morgan fingerprint density at radius 3 is 1.63 bits per heavy atom. The lowest BCUT2D eigenvalue weighted by Gasteiger charge is -2.04. The summed E-state index contributed by atoms with van der Waals surface area (Å²) in [6.45, 7) is 4.61. The molecule has 0 aromatic heterocycles. The van der Waals surface area contributed by atoms with Crippen molar-refractivity contribution >= 4 is 5.97 Å². The minimum atomic E-state index is -0.0682. The molecule has 0 rings (SSSR count). The average molecular weight is 270 g/mol. The number of carbonyl (C=O) groups excluding carboxylic acids is 1. The maximum absolute atomic E-state index is 10.9. The molecule has 0 amide bonds. The van der Waals surface area contributed by atoms with Crippen molar-refractivity contribution in [1.82, 2.24) is 0 Å². The third-order valence-electron chi connectivity index (χ3n) is 3.64. The van der Waals surface area contributed by atoms with Gasteiger partial charge in [-0.2, -0.15) is 0 Å². The normalized spacial score (nSPS) is 10.9. The van der Waals surface area contributed by atoms with E-state index in [2.05, 4.69) is 18.6 Å². The molecule has 0 heterocycles. The third kappa shape index (κ3) is 15.4. The smallest absolute Gasteiger partial charge is 0.305 e. The number of rotatable bonds is 13. The highest BCUT2D eigenvalue weighted by Gasteiger charge is 1.99. The van der Waals surface area contributed by atoms with E-state index in [1.54, 1.807) is 0 Å². The summed E-state index contributed by atoms with van der Waals surface area (Å²) in [6, 6.07) is 0. The standard InChI is InChI=1S/C17H34O2/c1-16(2)14-12-10-8-6-4-5-7-9-11-13-15-17(18)19-3/h16H,4-15H2,1-3H3. The largest absolute Gasteiger partial charge is 0.469 e. The number of methoxy groups -OCH3 is 1. The number of hydrogen-bond donors (Lipinski definition) is 0. The van der Waals surface area contributed by atoms with Crippen molar-refractivity contribution < 1.29 is 9.53 Å². The number of unbranched alkanes of at least 4 members (excludes halogenated alkanes) is 9. The molecule has 2 heteroatoms. The Morgan fingerprint density at radius 1 is 0.789 bits per heavy atom. The highest BCUT2D eigenvalue weighted by atomic mass is 16.5. The maximum atomic E-state index is 10.9. The molecule has 0 aliphatic carbocycles. The molecule has 0 aliphatic rings. The van der Waals surface area contributed by atoms with Gasteiger partial charge in [0.05, 0.1) is 7.11 Å². The topological polar surface area (TPSA) is 26.3 Å². The van der Waals surface area contributed by atoms with Gasteiger partial charge in [0, 0.05) is 6.42 Å². The summed E-state index contributed by atoms with van der Waals surface area (Å²) in [4.78, 5) is 10.9. The lowest BCUT2D eigenvalue weighted by atomic mass is 10.0. The van der Waals surface area contributed by atoms with E-state index < -0.39 is 0 Å². The molecule has 0 aromatic carbocycles. The lowest BCUT2D eigenvalue weighted by Crippen LogP contribution is -1.99. The van der Waals surface area contributed by atoms with Gasteiger partial charge in [-0.15, -0.1) is 0 Å². The van der Waals surface area contributed by atoms with Crippen LogP contribution in [0.2, 0.25) is 0 Å². The van der Waals surface area contributed by atoms with Crippen LogP contribution in [0, 0.1) is 5.92 Å². The molecule has 0 radical (unpaired) electrons. The van der Waals surface area contributed by atoms with E-state index in [4.69, 9.17) is 0 Å². The van der Waals surface area contributed by atoms with Crippen molar-refractivity contribution in [2.24, 2.45) is 5.92 Å². The lowest BCUT2D eigenvalue weighted by molar-refractivity contribution is -0.140. The monoisotopic (exact) mass is 270 g/mol. The summed E-state index contributed by atoms with van der Waals surface area (Å²) < 4.78 is 4.62. The van der Waals surface area contributed by atoms with Crippen LogP contribution in [0.4, 0.5) is 0 Å². The number of hydrogen-bond acceptors (Lipinski definition) is 2. The first kappa shape index (κ1) is 18.5. The molecule has 0 saturated carbocycles. The quantitative estimate of drug-likeness (QED) is 0.326. The van der Waals surface area contributed by atoms with Gasteiger partial charge in [-0.3, -0.25) is 4.79 Å². The zero-order chi connectivity index (χ0) is 14.3. The van der Waals surface area contributed by atoms with Gasteiger partial charge in [0.15, 0.2) is 0 Å². The zero-order valence-corrected chi connectivity index (χ0v) is 13.4. The fourth-order valence-electron chi connectivity index (χ4n) is 2.34. The second-order valence-electron chi connectivity index (χ2n) is 6.04. The van der Waals surface area contributed by atoms with Gasteiger partial charge >= 0.3 is 5.97 Å². The van der Waals surface area contributed by atoms with Crippen LogP contribution in [0.3, 0.4) is 0 Å². The fourth-order valence-corrected chi connectivity index (χ4v) is 2.34. The number of esters is 1. The Hall–Kier alpha value is -0.530. The summed E-state index contributed by atoms with van der Waals surface area (Å²) in [6.07, 6.45) is 15.1. The highest BCUT2D eigenvalue weighted by molar-refractivity contribution is 5.68. The van der Waals surface area contributed by atoms with Gasteiger partial charge in [0.25, 0.3) is 0 Å². The third-order valence-corrected chi connectivity index (χ3v) is 3.64. The first-order chi connectivity index (χ1) is 9.16. The van der Waals surface area contributed by atoms with E-state index in [1.165, 1.54) is 71.3 Å². The Balaban J connectivity index is 3.01. The molecule has 0 aromatic rings. The van der Waals surface area contributed by atoms with Crippen molar-refractivity contribution in [3.8, 4) is 0 Å². The van der Waals surface area contributed by atoms with Crippen LogP contribution in [0.15, 0.2) is 0 Å². The average Bonchev–Trinajstić information content (AvgIpc) is 2.39. The van der Waals surface area contributed by atoms with Crippen LogP contribution in [-0.4, -0.2) is 13.1 Å². The molecule has 0 fully saturated rings. The van der Waals surface area contributed by atoms with Gasteiger partial charge < -0.3 is 4.74 Å². The van der Waals surface area contributed by atoms with Crippen LogP contribution in [0.25, 0.3) is 0 Å². The molecule has 0 N–H and O–H groups in total. The van der Waals surface area contributed by atoms with Crippen LogP contribution in [0.5, 0.6) is 0 Å². The van der Waals surface area contributed by atoms with Crippen molar-refractivity contribution in [3.63, 3.8) is 0 Å². The van der Waals surface area contributed by atoms with E-state index in [-0.39, 0.29) is 5.97 Å². The maximum Gasteiger partial charge on any atom is 0.305 e. The summed E-state index contributed by atoms with van der Waals surface area (Å²) in [7, 11) is 1.46. The van der Waals surface area contributed by atoms with Crippen molar-refractivity contribution in [3.05, 3.63) is 0 Å². The summed E-state index contributed by atoms with van der Waals surface area (Å²) in [5.74, 6) is 0.798. The Labute approximate surface area is 120 Å². The molecule has 0 bridgehead atoms. The first-order valence-corrected chi connectivity index (χ1v) is 8.23. The summed E-state index contributed by atoms with van der Waals surface area (Å²) in [5.41, 5.74) is 0. The summed E-state index contributed by atoms with van der Waals surface area (Å²) >= 11 is 0. The van der Waals surface area contributed by atoms with Gasteiger partial charge in [-0.1, -0.05) is 78.1 Å². The highest BCUT2D eigenvalue weighted by Crippen LogP contribution is 2.13. The predicted molar refractivity (Wildman–Crippen MR) is 82.3 cm³/mol. The van der Waals surface area contributed by atoms with E-state index >= 15 is 0 Å². The zero-order valence-electron chi connectivity index (χ0n) is 13.4. The van der Waals surface area contributed by atoms with Crippen LogP contribution in [0.1, 0.15) is 90.9 Å². The Kier molecular flexibility index (Phi) is 13.5. The van der Waals surface area contributed by atoms with Crippen LogP contribution in [-0.2, 0) is 9.53 Å². The van der Waals surface area contributed by atoms with Crippen molar-refractivity contribution in [2.75, 3.05) is 7.11 Å². The van der Waals surface area contributed by atoms with Crippen LogP contribution < -0.4 is 0 Å². The number of ether oxygens (including phenoxy) is 1. The molecule has 0 aliphatic heterocycles. The Bertz CT molecular complexity index is 199. The van der Waals surface area contributed by atoms with Crippen LogP contribution >= 0.6 is 0 Å². The molecule has 114 valence electrons. The van der Waals surface area contributed by atoms with Crippen molar-refractivity contribution in [1.29, 1.82) is 0 Å². The second kappa shape index (κ2) is 13.9. The molecular formula is C17H34O2. The summed E-state index contributed by atoms with van der Waals surface area (Å²) in [5, 5.41) is 0. The SMILES string of the molecule is COC(=O)CCCCCCCCCCCCC(C)C.